The predicted octanol–water partition coefficient (Wildman–Crippen LogP) is 2.25. The fraction of sp³-hybridized carbons (Fsp3) is 0.400. The van der Waals surface area contributed by atoms with E-state index >= 15 is 0 Å². The van der Waals surface area contributed by atoms with Gasteiger partial charge in [-0.05, 0) is 25.0 Å². The minimum Gasteiger partial charge on any atom is -0.505 e. The number of hydrogen-bond donors (Lipinski definition) is 2. The largest absolute Gasteiger partial charge is 0.505 e. The number of hydrogen-bond acceptors (Lipinski definition) is 2. The Morgan fingerprint density at radius 3 is 2.64 bits per heavy atom. The fourth-order valence-electron chi connectivity index (χ4n) is 1.40. The summed E-state index contributed by atoms with van der Waals surface area (Å²) >= 11 is 5.80. The third-order valence-corrected chi connectivity index (χ3v) is 2.86. The number of aliphatic hydroxyl groups is 1. The molecule has 1 aliphatic rings. The van der Waals surface area contributed by atoms with Crippen LogP contribution < -0.4 is 0 Å². The van der Waals surface area contributed by atoms with Crippen LogP contribution in [-0.4, -0.2) is 15.8 Å². The predicted molar refractivity (Wildman–Crippen MR) is 51.0 cm³/mol. The summed E-state index contributed by atoms with van der Waals surface area (Å²) in [7, 11) is 0. The molecular weight excluding hydrogens is 207 g/mol. The summed E-state index contributed by atoms with van der Waals surface area (Å²) in [5.74, 6) is -1.15. The van der Waals surface area contributed by atoms with Crippen molar-refractivity contribution in [3.05, 3.63) is 28.5 Å². The molecule has 2 N–H and O–H groups in total. The van der Waals surface area contributed by atoms with E-state index in [2.05, 4.69) is 0 Å². The highest BCUT2D eigenvalue weighted by molar-refractivity contribution is 6.31. The summed E-state index contributed by atoms with van der Waals surface area (Å²) in [6.45, 7) is 0. The molecule has 2 rings (SSSR count). The number of phenols is 1. The van der Waals surface area contributed by atoms with E-state index in [0.29, 0.717) is 23.4 Å². The molecule has 0 spiro atoms. The Kier molecular flexibility index (Phi) is 2.16. The maximum Gasteiger partial charge on any atom is 0.165 e. The summed E-state index contributed by atoms with van der Waals surface area (Å²) in [5.41, 5.74) is -0.485. The molecule has 1 aromatic carbocycles. The summed E-state index contributed by atoms with van der Waals surface area (Å²) in [5, 5.41) is 19.3. The highest BCUT2D eigenvalue weighted by Crippen LogP contribution is 2.42. The van der Waals surface area contributed by atoms with Crippen molar-refractivity contribution in [3.63, 3.8) is 0 Å². The van der Waals surface area contributed by atoms with Gasteiger partial charge in [0.1, 0.15) is 0 Å². The molecule has 1 aromatic rings. The van der Waals surface area contributed by atoms with E-state index in [1.54, 1.807) is 0 Å². The number of phenolic OH excluding ortho intramolecular Hbond substituents is 1. The zero-order valence-electron chi connectivity index (χ0n) is 7.43. The van der Waals surface area contributed by atoms with Crippen molar-refractivity contribution in [2.75, 3.05) is 0 Å². The van der Waals surface area contributed by atoms with Crippen molar-refractivity contribution in [1.29, 1.82) is 0 Å². The molecule has 0 aliphatic heterocycles. The van der Waals surface area contributed by atoms with Crippen LogP contribution in [0.5, 0.6) is 5.75 Å². The van der Waals surface area contributed by atoms with Gasteiger partial charge in [-0.15, -0.1) is 0 Å². The topological polar surface area (TPSA) is 40.5 Å². The summed E-state index contributed by atoms with van der Waals surface area (Å²) < 4.78 is 13.0. The SMILES string of the molecule is Oc1c(F)ccc(Cl)c1CC1(O)CC1. The van der Waals surface area contributed by atoms with Crippen LogP contribution in [-0.2, 0) is 6.42 Å². The van der Waals surface area contributed by atoms with Crippen molar-refractivity contribution in [3.8, 4) is 5.75 Å². The Balaban J connectivity index is 2.35. The maximum atomic E-state index is 13.0. The van der Waals surface area contributed by atoms with Crippen LogP contribution in [0, 0.1) is 5.82 Å². The first-order valence-electron chi connectivity index (χ1n) is 4.40. The van der Waals surface area contributed by atoms with Gasteiger partial charge >= 0.3 is 0 Å². The lowest BCUT2D eigenvalue weighted by Crippen LogP contribution is -2.11. The molecule has 0 bridgehead atoms. The summed E-state index contributed by atoms with van der Waals surface area (Å²) in [6.07, 6.45) is 1.58. The number of benzene rings is 1. The van der Waals surface area contributed by atoms with Crippen LogP contribution in [0.25, 0.3) is 0 Å². The number of aromatic hydroxyl groups is 1. The first-order chi connectivity index (χ1) is 6.52. The van der Waals surface area contributed by atoms with Crippen molar-refractivity contribution in [1.82, 2.24) is 0 Å². The van der Waals surface area contributed by atoms with E-state index in [1.165, 1.54) is 6.07 Å². The van der Waals surface area contributed by atoms with Crippen LogP contribution in [0.3, 0.4) is 0 Å². The highest BCUT2D eigenvalue weighted by atomic mass is 35.5. The molecule has 0 heterocycles. The molecule has 0 atom stereocenters. The Morgan fingerprint density at radius 1 is 1.43 bits per heavy atom. The van der Waals surface area contributed by atoms with Gasteiger partial charge in [0.15, 0.2) is 11.6 Å². The number of rotatable bonds is 2. The van der Waals surface area contributed by atoms with Crippen LogP contribution >= 0.6 is 11.6 Å². The minimum absolute atomic E-state index is 0.218. The molecule has 76 valence electrons. The lowest BCUT2D eigenvalue weighted by Gasteiger charge is -2.11. The van der Waals surface area contributed by atoms with Crippen molar-refractivity contribution < 1.29 is 14.6 Å². The molecule has 0 saturated heterocycles. The van der Waals surface area contributed by atoms with Crippen molar-refractivity contribution in [2.24, 2.45) is 0 Å². The maximum absolute atomic E-state index is 13.0. The lowest BCUT2D eigenvalue weighted by atomic mass is 10.1. The molecule has 0 radical (unpaired) electrons. The standard InChI is InChI=1S/C10H10ClFO2/c11-7-1-2-8(12)9(13)6(7)5-10(14)3-4-10/h1-2,13-14H,3-5H2. The van der Waals surface area contributed by atoms with Gasteiger partial charge in [0.05, 0.1) is 5.60 Å². The molecule has 0 unspecified atom stereocenters. The Bertz CT molecular complexity index is 375. The molecule has 2 nitrogen and oxygen atoms in total. The normalized spacial score (nSPS) is 18.2. The molecule has 14 heavy (non-hydrogen) atoms. The van der Waals surface area contributed by atoms with Gasteiger partial charge in [-0.3, -0.25) is 0 Å². The van der Waals surface area contributed by atoms with Crippen LogP contribution in [0.1, 0.15) is 18.4 Å². The van der Waals surface area contributed by atoms with Gasteiger partial charge in [-0.2, -0.15) is 0 Å². The Morgan fingerprint density at radius 2 is 2.07 bits per heavy atom. The molecule has 0 aromatic heterocycles. The summed E-state index contributed by atoms with van der Waals surface area (Å²) in [6, 6.07) is 2.50. The second-order valence-corrected chi connectivity index (χ2v) is 4.16. The van der Waals surface area contributed by atoms with E-state index in [1.807, 2.05) is 0 Å². The molecule has 1 fully saturated rings. The zero-order valence-corrected chi connectivity index (χ0v) is 8.18. The molecule has 0 amide bonds. The van der Waals surface area contributed by atoms with Crippen LogP contribution in [0.4, 0.5) is 4.39 Å². The second-order valence-electron chi connectivity index (χ2n) is 3.76. The lowest BCUT2D eigenvalue weighted by molar-refractivity contribution is 0.150. The van der Waals surface area contributed by atoms with E-state index in [-0.39, 0.29) is 6.42 Å². The van der Waals surface area contributed by atoms with E-state index < -0.39 is 17.2 Å². The molecule has 4 heteroatoms. The molecule has 1 saturated carbocycles. The average molecular weight is 217 g/mol. The Labute approximate surface area is 85.9 Å². The molecule has 1 aliphatic carbocycles. The zero-order chi connectivity index (χ0) is 10.3. The van der Waals surface area contributed by atoms with Gasteiger partial charge in [-0.1, -0.05) is 11.6 Å². The van der Waals surface area contributed by atoms with E-state index in [9.17, 15) is 14.6 Å². The second kappa shape index (κ2) is 3.11. The van der Waals surface area contributed by atoms with Crippen molar-refractivity contribution in [2.45, 2.75) is 24.9 Å². The van der Waals surface area contributed by atoms with Crippen molar-refractivity contribution >= 4 is 11.6 Å². The third-order valence-electron chi connectivity index (χ3n) is 2.51. The minimum atomic E-state index is -0.783. The van der Waals surface area contributed by atoms with Gasteiger partial charge in [-0.25, -0.2) is 4.39 Å². The smallest absolute Gasteiger partial charge is 0.165 e. The van der Waals surface area contributed by atoms with E-state index in [4.69, 9.17) is 11.6 Å². The number of halogens is 2. The average Bonchev–Trinajstić information content (AvgIpc) is 2.86. The van der Waals surface area contributed by atoms with E-state index in [0.717, 1.165) is 6.07 Å². The van der Waals surface area contributed by atoms with Gasteiger partial charge in [0, 0.05) is 17.0 Å². The van der Waals surface area contributed by atoms with Gasteiger partial charge in [0.2, 0.25) is 0 Å². The first-order valence-corrected chi connectivity index (χ1v) is 4.78. The van der Waals surface area contributed by atoms with Gasteiger partial charge in [0.25, 0.3) is 0 Å². The fourth-order valence-corrected chi connectivity index (χ4v) is 1.62. The Hall–Kier alpha value is -0.800. The third kappa shape index (κ3) is 1.70. The highest BCUT2D eigenvalue weighted by Gasteiger charge is 2.41. The monoisotopic (exact) mass is 216 g/mol. The molecular formula is C10H10ClFO2. The van der Waals surface area contributed by atoms with Crippen LogP contribution in [0.15, 0.2) is 12.1 Å². The quantitative estimate of drug-likeness (QED) is 0.796. The van der Waals surface area contributed by atoms with Gasteiger partial charge < -0.3 is 10.2 Å². The van der Waals surface area contributed by atoms with Crippen LogP contribution in [0.2, 0.25) is 5.02 Å². The summed E-state index contributed by atoms with van der Waals surface area (Å²) in [4.78, 5) is 0. The first kappa shape index (κ1) is 9.74.